The van der Waals surface area contributed by atoms with E-state index in [1.165, 1.54) is 11.3 Å². The quantitative estimate of drug-likeness (QED) is 0.541. The van der Waals surface area contributed by atoms with Gasteiger partial charge in [0.05, 0.1) is 20.3 Å². The first-order valence-corrected chi connectivity index (χ1v) is 10.6. The molecule has 1 aliphatic heterocycles. The lowest BCUT2D eigenvalue weighted by atomic mass is 10.0. The predicted octanol–water partition coefficient (Wildman–Crippen LogP) is 5.46. The van der Waals surface area contributed by atoms with Crippen LogP contribution < -0.4 is 9.47 Å². The molecular weight excluding hydrogens is 408 g/mol. The Hall–Kier alpha value is -2.57. The smallest absolute Gasteiger partial charge is 0.273 e. The van der Waals surface area contributed by atoms with Crippen molar-refractivity contribution < 1.29 is 14.3 Å². The third-order valence-electron chi connectivity index (χ3n) is 5.12. The second-order valence-electron chi connectivity index (χ2n) is 6.82. The first-order chi connectivity index (χ1) is 14.1. The first-order valence-electron chi connectivity index (χ1n) is 9.35. The summed E-state index contributed by atoms with van der Waals surface area (Å²) in [6.07, 6.45) is 1.87. The van der Waals surface area contributed by atoms with Crippen molar-refractivity contribution >= 4 is 28.8 Å². The monoisotopic (exact) mass is 428 g/mol. The molecule has 4 rings (SSSR count). The number of amides is 1. The largest absolute Gasteiger partial charge is 0.493 e. The summed E-state index contributed by atoms with van der Waals surface area (Å²) in [7, 11) is 3.23. The van der Waals surface area contributed by atoms with Crippen molar-refractivity contribution in [2.45, 2.75) is 18.9 Å². The van der Waals surface area contributed by atoms with Gasteiger partial charge in [0.25, 0.3) is 5.91 Å². The van der Waals surface area contributed by atoms with Gasteiger partial charge in [0.15, 0.2) is 11.5 Å². The van der Waals surface area contributed by atoms with Crippen LogP contribution in [0.5, 0.6) is 11.5 Å². The highest BCUT2D eigenvalue weighted by Gasteiger charge is 2.32. The van der Waals surface area contributed by atoms with Gasteiger partial charge in [-0.2, -0.15) is 0 Å². The van der Waals surface area contributed by atoms with Gasteiger partial charge in [-0.3, -0.25) is 4.79 Å². The lowest BCUT2D eigenvalue weighted by molar-refractivity contribution is 0.0730. The summed E-state index contributed by atoms with van der Waals surface area (Å²) in [6.45, 7) is 0.714. The number of nitrogens with zero attached hydrogens (tertiary/aromatic N) is 2. The Morgan fingerprint density at radius 3 is 2.62 bits per heavy atom. The van der Waals surface area contributed by atoms with E-state index in [2.05, 4.69) is 4.98 Å². The number of hydrogen-bond donors (Lipinski definition) is 0. The van der Waals surface area contributed by atoms with Crippen LogP contribution in [0, 0.1) is 0 Å². The molecule has 0 bridgehead atoms. The normalized spacial score (nSPS) is 16.1. The maximum absolute atomic E-state index is 13.2. The van der Waals surface area contributed by atoms with Crippen LogP contribution in [0.2, 0.25) is 5.02 Å². The van der Waals surface area contributed by atoms with E-state index in [9.17, 15) is 4.79 Å². The highest BCUT2D eigenvalue weighted by molar-refractivity contribution is 7.13. The number of rotatable bonds is 5. The van der Waals surface area contributed by atoms with Crippen LogP contribution in [-0.2, 0) is 0 Å². The highest BCUT2D eigenvalue weighted by atomic mass is 35.5. The second kappa shape index (κ2) is 8.43. The molecule has 1 saturated heterocycles. The summed E-state index contributed by atoms with van der Waals surface area (Å²) in [5, 5.41) is 3.32. The molecule has 0 aliphatic carbocycles. The fourth-order valence-corrected chi connectivity index (χ4v) is 4.59. The highest BCUT2D eigenvalue weighted by Crippen LogP contribution is 2.38. The van der Waals surface area contributed by atoms with E-state index < -0.39 is 0 Å². The summed E-state index contributed by atoms with van der Waals surface area (Å²) in [5.41, 5.74) is 2.48. The number of halogens is 1. The van der Waals surface area contributed by atoms with Crippen LogP contribution in [0.25, 0.3) is 10.6 Å². The molecule has 0 saturated carbocycles. The predicted molar refractivity (Wildman–Crippen MR) is 115 cm³/mol. The lowest BCUT2D eigenvalue weighted by Crippen LogP contribution is -2.30. The van der Waals surface area contributed by atoms with Gasteiger partial charge in [-0.1, -0.05) is 29.8 Å². The van der Waals surface area contributed by atoms with Gasteiger partial charge in [0.1, 0.15) is 10.7 Å². The Kier molecular flexibility index (Phi) is 5.74. The van der Waals surface area contributed by atoms with Crippen molar-refractivity contribution in [2.24, 2.45) is 0 Å². The van der Waals surface area contributed by atoms with Gasteiger partial charge in [-0.05, 0) is 42.7 Å². The second-order valence-corrected chi connectivity index (χ2v) is 8.11. The van der Waals surface area contributed by atoms with E-state index >= 15 is 0 Å². The van der Waals surface area contributed by atoms with Crippen LogP contribution >= 0.6 is 22.9 Å². The van der Waals surface area contributed by atoms with Crippen LogP contribution in [0.1, 0.15) is 34.9 Å². The van der Waals surface area contributed by atoms with Crippen LogP contribution in [0.4, 0.5) is 0 Å². The van der Waals surface area contributed by atoms with E-state index in [0.717, 1.165) is 29.0 Å². The molecule has 29 heavy (non-hydrogen) atoms. The number of benzene rings is 2. The Balaban J connectivity index is 1.58. The maximum atomic E-state index is 13.2. The van der Waals surface area contributed by atoms with Gasteiger partial charge < -0.3 is 14.4 Å². The molecule has 1 aromatic heterocycles. The standard InChI is InChI=1S/C22H21ClN2O3S/c1-27-19-10-7-15(12-20(19)28-2)18-4-3-11-25(18)22(26)17-13-29-21(24-17)14-5-8-16(23)9-6-14/h5-10,12-13,18H,3-4,11H2,1-2H3. The van der Waals surface area contributed by atoms with Crippen molar-refractivity contribution in [3.8, 4) is 22.1 Å². The van der Waals surface area contributed by atoms with E-state index in [1.54, 1.807) is 14.2 Å². The van der Waals surface area contributed by atoms with Crippen molar-refractivity contribution in [3.63, 3.8) is 0 Å². The fourth-order valence-electron chi connectivity index (χ4n) is 3.66. The number of methoxy groups -OCH3 is 2. The summed E-state index contributed by atoms with van der Waals surface area (Å²) in [5.74, 6) is 1.31. The molecule has 1 aliphatic rings. The zero-order chi connectivity index (χ0) is 20.4. The molecule has 0 radical (unpaired) electrons. The van der Waals surface area contributed by atoms with E-state index in [1.807, 2.05) is 52.7 Å². The molecule has 0 N–H and O–H groups in total. The first kappa shape index (κ1) is 19.7. The number of aromatic nitrogens is 1. The van der Waals surface area contributed by atoms with Gasteiger partial charge in [-0.25, -0.2) is 4.98 Å². The molecule has 1 amide bonds. The van der Waals surface area contributed by atoms with Crippen molar-refractivity contribution in [1.82, 2.24) is 9.88 Å². The van der Waals surface area contributed by atoms with Crippen LogP contribution in [0.15, 0.2) is 47.8 Å². The Bertz CT molecular complexity index is 1020. The van der Waals surface area contributed by atoms with Gasteiger partial charge in [-0.15, -0.1) is 11.3 Å². The van der Waals surface area contributed by atoms with Gasteiger partial charge >= 0.3 is 0 Å². The summed E-state index contributed by atoms with van der Waals surface area (Å²) in [4.78, 5) is 19.7. The lowest BCUT2D eigenvalue weighted by Gasteiger charge is -2.25. The van der Waals surface area contributed by atoms with Gasteiger partial charge in [0, 0.05) is 22.5 Å². The SMILES string of the molecule is COc1ccc(C2CCCN2C(=O)c2csc(-c3ccc(Cl)cc3)n2)cc1OC. The molecule has 1 atom stereocenters. The minimum atomic E-state index is -0.0428. The molecule has 150 valence electrons. The van der Waals surface area contributed by atoms with Crippen molar-refractivity contribution in [1.29, 1.82) is 0 Å². The molecular formula is C22H21ClN2O3S. The fraction of sp³-hybridized carbons (Fsp3) is 0.273. The average molecular weight is 429 g/mol. The molecule has 3 aromatic rings. The summed E-state index contributed by atoms with van der Waals surface area (Å²) < 4.78 is 10.8. The zero-order valence-corrected chi connectivity index (χ0v) is 17.8. The van der Waals surface area contributed by atoms with Crippen LogP contribution in [-0.4, -0.2) is 36.6 Å². The van der Waals surface area contributed by atoms with E-state index in [-0.39, 0.29) is 11.9 Å². The van der Waals surface area contributed by atoms with Crippen LogP contribution in [0.3, 0.4) is 0 Å². The third kappa shape index (κ3) is 3.95. The maximum Gasteiger partial charge on any atom is 0.273 e. The number of carbonyl (C=O) groups excluding carboxylic acids is 1. The molecule has 5 nitrogen and oxygen atoms in total. The number of ether oxygens (including phenoxy) is 2. The van der Waals surface area contributed by atoms with Crippen molar-refractivity contribution in [3.05, 3.63) is 64.1 Å². The molecule has 2 aromatic carbocycles. The topological polar surface area (TPSA) is 51.7 Å². The molecule has 1 unspecified atom stereocenters. The Morgan fingerprint density at radius 1 is 1.14 bits per heavy atom. The molecule has 1 fully saturated rings. The average Bonchev–Trinajstić information content (AvgIpc) is 3.43. The number of thiazole rings is 1. The van der Waals surface area contributed by atoms with Gasteiger partial charge in [0.2, 0.25) is 0 Å². The molecule has 0 spiro atoms. The zero-order valence-electron chi connectivity index (χ0n) is 16.2. The number of likely N-dealkylation sites (tertiary alicyclic amines) is 1. The number of carbonyl (C=O) groups is 1. The summed E-state index contributed by atoms with van der Waals surface area (Å²) in [6, 6.07) is 13.3. The Morgan fingerprint density at radius 2 is 1.90 bits per heavy atom. The minimum absolute atomic E-state index is 0.00277. The van der Waals surface area contributed by atoms with E-state index in [0.29, 0.717) is 28.8 Å². The van der Waals surface area contributed by atoms with E-state index in [4.69, 9.17) is 21.1 Å². The third-order valence-corrected chi connectivity index (χ3v) is 6.26. The Labute approximate surface area is 178 Å². The van der Waals surface area contributed by atoms with Crippen molar-refractivity contribution in [2.75, 3.05) is 20.8 Å². The number of hydrogen-bond acceptors (Lipinski definition) is 5. The molecule has 2 heterocycles. The summed E-state index contributed by atoms with van der Waals surface area (Å²) >= 11 is 7.43. The minimum Gasteiger partial charge on any atom is -0.493 e. The molecule has 7 heteroatoms.